The molecule has 3 rings (SSSR count). The van der Waals surface area contributed by atoms with Gasteiger partial charge in [0, 0.05) is 25.3 Å². The van der Waals surface area contributed by atoms with Crippen molar-refractivity contribution in [1.29, 1.82) is 0 Å². The van der Waals surface area contributed by atoms with Gasteiger partial charge in [0.1, 0.15) is 17.9 Å². The normalized spacial score (nSPS) is 12.2. The fraction of sp³-hybridized carbons (Fsp3) is 0.222. The van der Waals surface area contributed by atoms with Gasteiger partial charge < -0.3 is 20.7 Å². The molecule has 192 valence electrons. The molecule has 37 heavy (non-hydrogen) atoms. The molecule has 0 bridgehead atoms. The average molecular weight is 507 g/mol. The molecule has 1 aromatic heterocycles. The Balaban J connectivity index is 1.72. The zero-order valence-electron chi connectivity index (χ0n) is 20.1. The van der Waals surface area contributed by atoms with Gasteiger partial charge in [0.15, 0.2) is 0 Å². The van der Waals surface area contributed by atoms with E-state index in [9.17, 15) is 23.6 Å². The van der Waals surface area contributed by atoms with Gasteiger partial charge in [-0.15, -0.1) is 0 Å². The van der Waals surface area contributed by atoms with Gasteiger partial charge in [-0.2, -0.15) is 0 Å². The first-order valence-electron chi connectivity index (χ1n) is 11.5. The van der Waals surface area contributed by atoms with E-state index in [2.05, 4.69) is 20.9 Å². The number of amides is 3. The number of hydrogen-bond acceptors (Lipinski definition) is 6. The molecular formula is C27H27FN4O5. The third-order valence-corrected chi connectivity index (χ3v) is 5.36. The molecule has 0 aliphatic carbocycles. The lowest BCUT2D eigenvalue weighted by molar-refractivity contribution is -0.140. The van der Waals surface area contributed by atoms with Crippen LogP contribution in [0.1, 0.15) is 21.6 Å². The van der Waals surface area contributed by atoms with Crippen LogP contribution in [0.3, 0.4) is 0 Å². The van der Waals surface area contributed by atoms with Gasteiger partial charge in [0.2, 0.25) is 11.7 Å². The minimum absolute atomic E-state index is 0.0391. The maximum atomic E-state index is 13.2. The molecule has 0 aliphatic heterocycles. The van der Waals surface area contributed by atoms with Crippen LogP contribution in [0.25, 0.3) is 0 Å². The third kappa shape index (κ3) is 8.32. The van der Waals surface area contributed by atoms with Crippen LogP contribution < -0.4 is 16.0 Å². The molecule has 9 nitrogen and oxygen atoms in total. The Hall–Kier alpha value is -4.44. The predicted molar refractivity (Wildman–Crippen MR) is 133 cm³/mol. The van der Waals surface area contributed by atoms with E-state index >= 15 is 0 Å². The molecule has 1 heterocycles. The fourth-order valence-electron chi connectivity index (χ4n) is 3.44. The standard InChI is InChI=1S/C27H27FN4O5/c1-37-17-23(32-25(34)19-10-12-20(28)13-11-19)26(35)31-22(15-18-7-3-2-4-8-18)24(33)27(36)30-16-21-9-5-6-14-29-21/h2-14,22-23H,15-17H2,1H3,(H,30,36)(H,31,35)(H,32,34)/t22-,23-/m1/s1. The minimum atomic E-state index is -1.21. The summed E-state index contributed by atoms with van der Waals surface area (Å²) in [6.45, 7) is -0.158. The van der Waals surface area contributed by atoms with Crippen molar-refractivity contribution in [1.82, 2.24) is 20.9 Å². The Bertz CT molecular complexity index is 1210. The van der Waals surface area contributed by atoms with Crippen LogP contribution in [-0.2, 0) is 32.1 Å². The lowest BCUT2D eigenvalue weighted by Crippen LogP contribution is -2.55. The highest BCUT2D eigenvalue weighted by molar-refractivity contribution is 6.38. The maximum Gasteiger partial charge on any atom is 0.289 e. The summed E-state index contributed by atoms with van der Waals surface area (Å²) in [5.41, 5.74) is 1.43. The Kier molecular flexibility index (Phi) is 9.98. The van der Waals surface area contributed by atoms with E-state index in [0.717, 1.165) is 17.7 Å². The van der Waals surface area contributed by atoms with Crippen molar-refractivity contribution in [3.63, 3.8) is 0 Å². The van der Waals surface area contributed by atoms with E-state index in [1.807, 2.05) is 0 Å². The number of methoxy groups -OCH3 is 1. The van der Waals surface area contributed by atoms with Crippen LogP contribution >= 0.6 is 0 Å². The molecule has 0 aliphatic rings. The Morgan fingerprint density at radius 1 is 0.892 bits per heavy atom. The van der Waals surface area contributed by atoms with E-state index < -0.39 is 41.4 Å². The molecule has 0 saturated heterocycles. The largest absolute Gasteiger partial charge is 0.382 e. The number of pyridine rings is 1. The van der Waals surface area contributed by atoms with Crippen molar-refractivity contribution in [2.45, 2.75) is 25.0 Å². The number of carbonyl (C=O) groups is 4. The summed E-state index contributed by atoms with van der Waals surface area (Å²) in [6, 6.07) is 16.5. The zero-order valence-corrected chi connectivity index (χ0v) is 20.1. The quantitative estimate of drug-likeness (QED) is 0.320. The number of Topliss-reactive ketones (excluding diaryl/α,β-unsaturated/α-hetero) is 1. The van der Waals surface area contributed by atoms with E-state index in [1.165, 1.54) is 19.2 Å². The second-order valence-electron chi connectivity index (χ2n) is 8.11. The molecule has 2 atom stereocenters. The molecular weight excluding hydrogens is 479 g/mol. The molecule has 2 aromatic carbocycles. The Morgan fingerprint density at radius 2 is 1.59 bits per heavy atom. The summed E-state index contributed by atoms with van der Waals surface area (Å²) < 4.78 is 18.3. The lowest BCUT2D eigenvalue weighted by atomic mass is 10.0. The molecule has 0 spiro atoms. The topological polar surface area (TPSA) is 126 Å². The van der Waals surface area contributed by atoms with Gasteiger partial charge in [0.05, 0.1) is 18.8 Å². The maximum absolute atomic E-state index is 13.2. The van der Waals surface area contributed by atoms with Gasteiger partial charge in [-0.3, -0.25) is 24.2 Å². The molecule has 0 radical (unpaired) electrons. The smallest absolute Gasteiger partial charge is 0.289 e. The summed E-state index contributed by atoms with van der Waals surface area (Å²) in [4.78, 5) is 55.5. The van der Waals surface area contributed by atoms with E-state index in [4.69, 9.17) is 4.74 Å². The van der Waals surface area contributed by atoms with Crippen molar-refractivity contribution < 1.29 is 28.3 Å². The Morgan fingerprint density at radius 3 is 2.24 bits per heavy atom. The van der Waals surface area contributed by atoms with E-state index in [1.54, 1.807) is 54.7 Å². The van der Waals surface area contributed by atoms with Crippen molar-refractivity contribution in [3.8, 4) is 0 Å². The van der Waals surface area contributed by atoms with Crippen molar-refractivity contribution in [2.75, 3.05) is 13.7 Å². The number of rotatable bonds is 12. The number of nitrogens with one attached hydrogen (secondary N) is 3. The number of ketones is 1. The molecule has 0 saturated carbocycles. The molecule has 0 unspecified atom stereocenters. The number of carbonyl (C=O) groups excluding carboxylic acids is 4. The average Bonchev–Trinajstić information content (AvgIpc) is 2.92. The van der Waals surface area contributed by atoms with Crippen LogP contribution in [0.5, 0.6) is 0 Å². The van der Waals surface area contributed by atoms with Crippen LogP contribution in [0.15, 0.2) is 79.0 Å². The number of ether oxygens (including phenoxy) is 1. The fourth-order valence-corrected chi connectivity index (χ4v) is 3.44. The summed E-state index contributed by atoms with van der Waals surface area (Å²) in [6.07, 6.45) is 1.62. The van der Waals surface area contributed by atoms with Gasteiger partial charge in [0.25, 0.3) is 11.8 Å². The highest BCUT2D eigenvalue weighted by Crippen LogP contribution is 2.07. The van der Waals surface area contributed by atoms with Crippen LogP contribution in [-0.4, -0.2) is 54.3 Å². The first-order chi connectivity index (χ1) is 17.9. The monoisotopic (exact) mass is 506 g/mol. The first kappa shape index (κ1) is 27.2. The lowest BCUT2D eigenvalue weighted by Gasteiger charge is -2.22. The molecule has 0 fully saturated rings. The predicted octanol–water partition coefficient (Wildman–Crippen LogP) is 1.58. The Labute approximate surface area is 213 Å². The minimum Gasteiger partial charge on any atom is -0.382 e. The van der Waals surface area contributed by atoms with E-state index in [0.29, 0.717) is 5.69 Å². The molecule has 3 aromatic rings. The van der Waals surface area contributed by atoms with Gasteiger partial charge in [-0.25, -0.2) is 4.39 Å². The molecule has 3 N–H and O–H groups in total. The number of aromatic nitrogens is 1. The summed E-state index contributed by atoms with van der Waals surface area (Å²) in [5.74, 6) is -3.59. The summed E-state index contributed by atoms with van der Waals surface area (Å²) >= 11 is 0. The van der Waals surface area contributed by atoms with E-state index in [-0.39, 0.29) is 25.1 Å². The summed E-state index contributed by atoms with van der Waals surface area (Å²) in [5, 5.41) is 7.62. The van der Waals surface area contributed by atoms with Crippen molar-refractivity contribution in [2.24, 2.45) is 0 Å². The highest BCUT2D eigenvalue weighted by Gasteiger charge is 2.30. The van der Waals surface area contributed by atoms with Crippen LogP contribution in [0.2, 0.25) is 0 Å². The second-order valence-corrected chi connectivity index (χ2v) is 8.11. The van der Waals surface area contributed by atoms with Crippen molar-refractivity contribution >= 4 is 23.5 Å². The molecule has 3 amide bonds. The highest BCUT2D eigenvalue weighted by atomic mass is 19.1. The second kappa shape index (κ2) is 13.6. The van der Waals surface area contributed by atoms with Gasteiger partial charge in [-0.05, 0) is 42.0 Å². The van der Waals surface area contributed by atoms with Gasteiger partial charge >= 0.3 is 0 Å². The van der Waals surface area contributed by atoms with Crippen LogP contribution in [0.4, 0.5) is 4.39 Å². The number of nitrogens with zero attached hydrogens (tertiary/aromatic N) is 1. The first-order valence-corrected chi connectivity index (χ1v) is 11.5. The SMILES string of the molecule is COC[C@@H](NC(=O)c1ccc(F)cc1)C(=O)N[C@H](Cc1ccccc1)C(=O)C(=O)NCc1ccccn1. The van der Waals surface area contributed by atoms with Crippen molar-refractivity contribution in [3.05, 3.63) is 102 Å². The van der Waals surface area contributed by atoms with Crippen LogP contribution in [0, 0.1) is 5.82 Å². The summed E-state index contributed by atoms with van der Waals surface area (Å²) in [7, 11) is 1.35. The van der Waals surface area contributed by atoms with Gasteiger partial charge in [-0.1, -0.05) is 36.4 Å². The number of benzene rings is 2. The number of halogens is 1. The zero-order chi connectivity index (χ0) is 26.6. The third-order valence-electron chi connectivity index (χ3n) is 5.36. The number of hydrogen-bond donors (Lipinski definition) is 3. The molecule has 10 heteroatoms.